The van der Waals surface area contributed by atoms with Gasteiger partial charge in [0, 0.05) is 17.6 Å². The number of hydrogen-bond donors (Lipinski definition) is 2. The van der Waals surface area contributed by atoms with Gasteiger partial charge in [-0.15, -0.1) is 11.3 Å². The third-order valence-electron chi connectivity index (χ3n) is 2.10. The molecule has 0 aromatic carbocycles. The first-order chi connectivity index (χ1) is 5.95. The fraction of sp³-hybridized carbons (Fsp3) is 0.625. The fourth-order valence-electron chi connectivity index (χ4n) is 1.44. The highest BCUT2D eigenvalue weighted by atomic mass is 32.1. The zero-order valence-electron chi connectivity index (χ0n) is 6.92. The number of nitrogens with one attached hydrogen (secondary N) is 2. The molecule has 3 nitrogen and oxygen atoms in total. The van der Waals surface area contributed by atoms with Crippen LogP contribution < -0.4 is 10.6 Å². The number of nitrogens with zero attached hydrogens (tertiary/aromatic N) is 1. The maximum Gasteiger partial charge on any atom is 0.182 e. The van der Waals surface area contributed by atoms with Crippen LogP contribution in [0.15, 0.2) is 11.6 Å². The van der Waals surface area contributed by atoms with Crippen molar-refractivity contribution in [2.45, 2.75) is 18.9 Å². The molecule has 0 spiro atoms. The summed E-state index contributed by atoms with van der Waals surface area (Å²) in [4.78, 5) is 4.20. The summed E-state index contributed by atoms with van der Waals surface area (Å²) in [5.41, 5.74) is 0. The van der Waals surface area contributed by atoms with E-state index in [4.69, 9.17) is 0 Å². The standard InChI is InChI=1S/C8H13N3S/c1-3-9-4-2-7(1)11-8-10-5-6-12-8/h5-7,9H,1-4H2,(H,10,11). The Balaban J connectivity index is 1.86. The van der Waals surface area contributed by atoms with Crippen LogP contribution in [-0.2, 0) is 0 Å². The number of thiazole rings is 1. The van der Waals surface area contributed by atoms with E-state index in [1.165, 1.54) is 12.8 Å². The van der Waals surface area contributed by atoms with E-state index >= 15 is 0 Å². The average Bonchev–Trinajstić information content (AvgIpc) is 2.59. The normalized spacial score (nSPS) is 19.3. The van der Waals surface area contributed by atoms with Crippen LogP contribution in [0.25, 0.3) is 0 Å². The number of piperidine rings is 1. The van der Waals surface area contributed by atoms with E-state index < -0.39 is 0 Å². The first kappa shape index (κ1) is 8.01. The van der Waals surface area contributed by atoms with Crippen LogP contribution in [-0.4, -0.2) is 24.1 Å². The molecule has 1 saturated heterocycles. The van der Waals surface area contributed by atoms with E-state index in [0.717, 1.165) is 18.2 Å². The molecule has 0 unspecified atom stereocenters. The van der Waals surface area contributed by atoms with Gasteiger partial charge >= 0.3 is 0 Å². The minimum absolute atomic E-state index is 0.623. The first-order valence-corrected chi connectivity index (χ1v) is 5.20. The lowest BCUT2D eigenvalue weighted by Crippen LogP contribution is -2.35. The summed E-state index contributed by atoms with van der Waals surface area (Å²) in [6, 6.07) is 0.623. The van der Waals surface area contributed by atoms with Crippen molar-refractivity contribution in [1.29, 1.82) is 0 Å². The quantitative estimate of drug-likeness (QED) is 0.726. The summed E-state index contributed by atoms with van der Waals surface area (Å²) in [7, 11) is 0. The molecule has 2 heterocycles. The third-order valence-corrected chi connectivity index (χ3v) is 2.80. The van der Waals surface area contributed by atoms with E-state index in [0.29, 0.717) is 6.04 Å². The molecule has 0 saturated carbocycles. The Morgan fingerprint density at radius 1 is 1.50 bits per heavy atom. The van der Waals surface area contributed by atoms with Gasteiger partial charge in [0.2, 0.25) is 0 Å². The molecule has 2 N–H and O–H groups in total. The highest BCUT2D eigenvalue weighted by Crippen LogP contribution is 2.15. The molecule has 0 bridgehead atoms. The van der Waals surface area contributed by atoms with E-state index in [1.54, 1.807) is 11.3 Å². The van der Waals surface area contributed by atoms with Crippen LogP contribution in [0.5, 0.6) is 0 Å². The maximum absolute atomic E-state index is 4.20. The van der Waals surface area contributed by atoms with Crippen LogP contribution in [0.4, 0.5) is 5.13 Å². The van der Waals surface area contributed by atoms with Crippen molar-refractivity contribution >= 4 is 16.5 Å². The summed E-state index contributed by atoms with van der Waals surface area (Å²) in [5, 5.41) is 9.83. The second-order valence-electron chi connectivity index (χ2n) is 3.01. The molecular formula is C8H13N3S. The highest BCUT2D eigenvalue weighted by molar-refractivity contribution is 7.13. The van der Waals surface area contributed by atoms with Crippen molar-refractivity contribution in [2.75, 3.05) is 18.4 Å². The van der Waals surface area contributed by atoms with Crippen LogP contribution in [0.1, 0.15) is 12.8 Å². The van der Waals surface area contributed by atoms with Crippen molar-refractivity contribution in [1.82, 2.24) is 10.3 Å². The molecule has 0 atom stereocenters. The van der Waals surface area contributed by atoms with Crippen molar-refractivity contribution in [2.24, 2.45) is 0 Å². The van der Waals surface area contributed by atoms with Crippen LogP contribution in [0, 0.1) is 0 Å². The van der Waals surface area contributed by atoms with Crippen molar-refractivity contribution in [3.05, 3.63) is 11.6 Å². The lowest BCUT2D eigenvalue weighted by Gasteiger charge is -2.23. The minimum Gasteiger partial charge on any atom is -0.359 e. The van der Waals surface area contributed by atoms with Gasteiger partial charge in [0.25, 0.3) is 0 Å². The molecule has 1 aliphatic rings. The number of anilines is 1. The van der Waals surface area contributed by atoms with Crippen LogP contribution >= 0.6 is 11.3 Å². The van der Waals surface area contributed by atoms with E-state index in [2.05, 4.69) is 15.6 Å². The van der Waals surface area contributed by atoms with E-state index in [1.807, 2.05) is 11.6 Å². The molecule has 0 radical (unpaired) electrons. The summed E-state index contributed by atoms with van der Waals surface area (Å²) in [6.45, 7) is 2.26. The van der Waals surface area contributed by atoms with E-state index in [-0.39, 0.29) is 0 Å². The smallest absolute Gasteiger partial charge is 0.182 e. The second-order valence-corrected chi connectivity index (χ2v) is 3.90. The molecule has 1 aromatic rings. The predicted molar refractivity (Wildman–Crippen MR) is 51.6 cm³/mol. The molecular weight excluding hydrogens is 170 g/mol. The van der Waals surface area contributed by atoms with Gasteiger partial charge in [-0.05, 0) is 25.9 Å². The van der Waals surface area contributed by atoms with Crippen molar-refractivity contribution < 1.29 is 0 Å². The SMILES string of the molecule is c1csc(NC2CCNCC2)n1. The van der Waals surface area contributed by atoms with Gasteiger partial charge in [0.05, 0.1) is 0 Å². The molecule has 0 amide bonds. The molecule has 12 heavy (non-hydrogen) atoms. The van der Waals surface area contributed by atoms with E-state index in [9.17, 15) is 0 Å². The Hall–Kier alpha value is -0.610. The number of rotatable bonds is 2. The zero-order chi connectivity index (χ0) is 8.23. The monoisotopic (exact) mass is 183 g/mol. The van der Waals surface area contributed by atoms with Gasteiger partial charge < -0.3 is 10.6 Å². The summed E-state index contributed by atoms with van der Waals surface area (Å²) in [6.07, 6.45) is 4.26. The van der Waals surface area contributed by atoms with Gasteiger partial charge in [-0.2, -0.15) is 0 Å². The summed E-state index contributed by atoms with van der Waals surface area (Å²) < 4.78 is 0. The van der Waals surface area contributed by atoms with Crippen molar-refractivity contribution in [3.63, 3.8) is 0 Å². The highest BCUT2D eigenvalue weighted by Gasteiger charge is 2.12. The van der Waals surface area contributed by atoms with Gasteiger partial charge in [-0.25, -0.2) is 4.98 Å². The third kappa shape index (κ3) is 1.95. The maximum atomic E-state index is 4.20. The minimum atomic E-state index is 0.623. The van der Waals surface area contributed by atoms with Gasteiger partial charge in [-0.3, -0.25) is 0 Å². The first-order valence-electron chi connectivity index (χ1n) is 4.32. The second kappa shape index (κ2) is 3.87. The lowest BCUT2D eigenvalue weighted by atomic mass is 10.1. The number of hydrogen-bond acceptors (Lipinski definition) is 4. The molecule has 1 aliphatic heterocycles. The zero-order valence-corrected chi connectivity index (χ0v) is 7.73. The summed E-state index contributed by atoms with van der Waals surface area (Å²) in [5.74, 6) is 0. The fourth-order valence-corrected chi connectivity index (χ4v) is 2.04. The van der Waals surface area contributed by atoms with Gasteiger partial charge in [0.1, 0.15) is 0 Å². The molecule has 2 rings (SSSR count). The summed E-state index contributed by atoms with van der Waals surface area (Å²) >= 11 is 1.67. The molecule has 4 heteroatoms. The molecule has 1 aromatic heterocycles. The lowest BCUT2D eigenvalue weighted by molar-refractivity contribution is 0.479. The van der Waals surface area contributed by atoms with Gasteiger partial charge in [-0.1, -0.05) is 0 Å². The van der Waals surface area contributed by atoms with Crippen molar-refractivity contribution in [3.8, 4) is 0 Å². The Kier molecular flexibility index (Phi) is 2.58. The largest absolute Gasteiger partial charge is 0.359 e. The topological polar surface area (TPSA) is 37.0 Å². The Labute approximate surface area is 76.2 Å². The number of aromatic nitrogens is 1. The van der Waals surface area contributed by atoms with Crippen LogP contribution in [0.2, 0.25) is 0 Å². The molecule has 66 valence electrons. The average molecular weight is 183 g/mol. The molecule has 0 aliphatic carbocycles. The Bertz CT molecular complexity index is 216. The van der Waals surface area contributed by atoms with Crippen LogP contribution in [0.3, 0.4) is 0 Å². The van der Waals surface area contributed by atoms with Gasteiger partial charge in [0.15, 0.2) is 5.13 Å². The predicted octanol–water partition coefficient (Wildman–Crippen LogP) is 1.31. The molecule has 1 fully saturated rings. The Morgan fingerprint density at radius 3 is 3.00 bits per heavy atom. The Morgan fingerprint density at radius 2 is 2.33 bits per heavy atom.